The van der Waals surface area contributed by atoms with E-state index in [1.54, 1.807) is 7.05 Å². The molecule has 1 N–H and O–H groups in total. The first kappa shape index (κ1) is 20.8. The number of quaternary nitrogens is 1. The van der Waals surface area contributed by atoms with Gasteiger partial charge in [-0.25, -0.2) is 9.78 Å². The average molecular weight is 419 g/mol. The van der Waals surface area contributed by atoms with Crippen molar-refractivity contribution in [3.63, 3.8) is 0 Å². The third kappa shape index (κ3) is 4.09. The third-order valence-electron chi connectivity index (χ3n) is 5.66. The molecule has 160 valence electrons. The van der Waals surface area contributed by atoms with Crippen LogP contribution in [0, 0.1) is 6.92 Å². The van der Waals surface area contributed by atoms with Gasteiger partial charge in [-0.05, 0) is 12.5 Å². The summed E-state index contributed by atoms with van der Waals surface area (Å²) in [6.45, 7) is 4.05. The lowest BCUT2D eigenvalue weighted by Gasteiger charge is -2.15. The van der Waals surface area contributed by atoms with E-state index in [4.69, 9.17) is 4.98 Å². The fourth-order valence-corrected chi connectivity index (χ4v) is 4.07. The fraction of sp³-hybridized carbons (Fsp3) is 0.292. The van der Waals surface area contributed by atoms with E-state index in [1.165, 1.54) is 22.1 Å². The molecule has 4 rings (SSSR count). The summed E-state index contributed by atoms with van der Waals surface area (Å²) in [4.78, 5) is 31.5. The molecule has 0 aliphatic heterocycles. The minimum atomic E-state index is -0.366. The summed E-state index contributed by atoms with van der Waals surface area (Å²) in [5, 5.41) is 0. The average Bonchev–Trinajstić information content (AvgIpc) is 3.09. The lowest BCUT2D eigenvalue weighted by atomic mass is 10.1. The maximum atomic E-state index is 13.1. The van der Waals surface area contributed by atoms with Crippen molar-refractivity contribution >= 4 is 11.2 Å². The van der Waals surface area contributed by atoms with Crippen LogP contribution in [0.25, 0.3) is 11.2 Å². The maximum absolute atomic E-state index is 13.1. The molecule has 2 aromatic heterocycles. The standard InChI is InChI=1S/C24H27N5O2/c1-17-9-8-12-19(13-17)15-29-20(16-26(2)14-18-10-6-5-7-11-18)25-22-21(29)23(30)28(4)24(31)27(22)3/h5-13H,14-16H2,1-4H3/p+1. The van der Waals surface area contributed by atoms with E-state index in [0.717, 1.165) is 28.1 Å². The van der Waals surface area contributed by atoms with Crippen molar-refractivity contribution in [3.05, 3.63) is 98.0 Å². The Morgan fingerprint density at radius 3 is 2.32 bits per heavy atom. The molecule has 7 nitrogen and oxygen atoms in total. The number of aryl methyl sites for hydroxylation is 2. The van der Waals surface area contributed by atoms with Crippen molar-refractivity contribution in [3.8, 4) is 0 Å². The summed E-state index contributed by atoms with van der Waals surface area (Å²) in [6, 6.07) is 18.5. The zero-order valence-electron chi connectivity index (χ0n) is 18.4. The molecular weight excluding hydrogens is 390 g/mol. The van der Waals surface area contributed by atoms with Gasteiger partial charge in [-0.15, -0.1) is 0 Å². The van der Waals surface area contributed by atoms with Gasteiger partial charge in [-0.3, -0.25) is 13.9 Å². The van der Waals surface area contributed by atoms with Crippen LogP contribution >= 0.6 is 0 Å². The Labute approximate surface area is 180 Å². The number of hydrogen-bond donors (Lipinski definition) is 1. The summed E-state index contributed by atoms with van der Waals surface area (Å²) in [6.07, 6.45) is 0. The summed E-state index contributed by atoms with van der Waals surface area (Å²) < 4.78 is 4.58. The Bertz CT molecular complexity index is 1350. The number of rotatable bonds is 6. The molecule has 0 aliphatic carbocycles. The van der Waals surface area contributed by atoms with Gasteiger partial charge in [0.1, 0.15) is 13.1 Å². The molecular formula is C24H28N5O2+. The quantitative estimate of drug-likeness (QED) is 0.508. The normalized spacial score (nSPS) is 12.4. The molecule has 0 saturated heterocycles. The van der Waals surface area contributed by atoms with E-state index in [0.29, 0.717) is 24.3 Å². The number of aromatic nitrogens is 4. The smallest absolute Gasteiger partial charge is 0.327 e. The number of fused-ring (bicyclic) bond motifs is 1. The van der Waals surface area contributed by atoms with Gasteiger partial charge in [0.15, 0.2) is 17.0 Å². The molecule has 7 heteroatoms. The van der Waals surface area contributed by atoms with Gasteiger partial charge in [-0.1, -0.05) is 60.2 Å². The van der Waals surface area contributed by atoms with Crippen LogP contribution in [0.4, 0.5) is 0 Å². The molecule has 1 unspecified atom stereocenters. The summed E-state index contributed by atoms with van der Waals surface area (Å²) in [5.74, 6) is 0.795. The molecule has 0 amide bonds. The molecule has 0 spiro atoms. The number of nitrogens with one attached hydrogen (secondary N) is 1. The van der Waals surface area contributed by atoms with Crippen LogP contribution in [0.5, 0.6) is 0 Å². The van der Waals surface area contributed by atoms with E-state index in [1.807, 2.05) is 28.8 Å². The van der Waals surface area contributed by atoms with Gasteiger partial charge in [0.05, 0.1) is 7.05 Å². The van der Waals surface area contributed by atoms with E-state index >= 15 is 0 Å². The summed E-state index contributed by atoms with van der Waals surface area (Å²) in [7, 11) is 5.29. The summed E-state index contributed by atoms with van der Waals surface area (Å²) >= 11 is 0. The van der Waals surface area contributed by atoms with Crippen molar-refractivity contribution in [1.29, 1.82) is 0 Å². The highest BCUT2D eigenvalue weighted by molar-refractivity contribution is 5.71. The number of hydrogen-bond acceptors (Lipinski definition) is 3. The van der Waals surface area contributed by atoms with Crippen molar-refractivity contribution in [2.75, 3.05) is 7.05 Å². The molecule has 31 heavy (non-hydrogen) atoms. The Hall–Kier alpha value is -3.45. The molecule has 2 heterocycles. The zero-order chi connectivity index (χ0) is 22.1. The second-order valence-corrected chi connectivity index (χ2v) is 8.28. The lowest BCUT2D eigenvalue weighted by Crippen LogP contribution is -3.06. The maximum Gasteiger partial charge on any atom is 0.332 e. The van der Waals surface area contributed by atoms with Crippen LogP contribution in [0.3, 0.4) is 0 Å². The predicted molar refractivity (Wildman–Crippen MR) is 121 cm³/mol. The first-order valence-electron chi connectivity index (χ1n) is 10.4. The molecule has 0 bridgehead atoms. The molecule has 2 aromatic carbocycles. The highest BCUT2D eigenvalue weighted by Gasteiger charge is 2.21. The van der Waals surface area contributed by atoms with Crippen molar-refractivity contribution in [2.45, 2.75) is 26.6 Å². The van der Waals surface area contributed by atoms with Crippen LogP contribution in [0.15, 0.2) is 64.2 Å². The fourth-order valence-electron chi connectivity index (χ4n) is 4.07. The molecule has 0 aliphatic rings. The molecule has 0 fully saturated rings. The first-order valence-corrected chi connectivity index (χ1v) is 10.4. The topological polar surface area (TPSA) is 66.3 Å². The Morgan fingerprint density at radius 1 is 0.903 bits per heavy atom. The van der Waals surface area contributed by atoms with E-state index in [2.05, 4.69) is 44.3 Å². The highest BCUT2D eigenvalue weighted by Crippen LogP contribution is 2.15. The SMILES string of the molecule is Cc1cccc(Cn2c(C[NH+](C)Cc3ccccc3)nc3c2c(=O)n(C)c(=O)n3C)c1. The number of benzene rings is 2. The van der Waals surface area contributed by atoms with Gasteiger partial charge >= 0.3 is 5.69 Å². The van der Waals surface area contributed by atoms with Gasteiger partial charge < -0.3 is 9.47 Å². The monoisotopic (exact) mass is 418 g/mol. The number of imidazole rings is 1. The van der Waals surface area contributed by atoms with Crippen LogP contribution in [0.2, 0.25) is 0 Å². The highest BCUT2D eigenvalue weighted by atomic mass is 16.2. The Kier molecular flexibility index (Phi) is 5.61. The van der Waals surface area contributed by atoms with Gasteiger partial charge in [0.25, 0.3) is 5.56 Å². The molecule has 4 aromatic rings. The minimum absolute atomic E-state index is 0.315. The van der Waals surface area contributed by atoms with Gasteiger partial charge in [0.2, 0.25) is 0 Å². The van der Waals surface area contributed by atoms with E-state index in [-0.39, 0.29) is 11.2 Å². The second-order valence-electron chi connectivity index (χ2n) is 8.28. The Balaban J connectivity index is 1.81. The second kappa shape index (κ2) is 8.35. The van der Waals surface area contributed by atoms with Gasteiger partial charge in [-0.2, -0.15) is 0 Å². The van der Waals surface area contributed by atoms with Gasteiger partial charge in [0, 0.05) is 26.2 Å². The van der Waals surface area contributed by atoms with Crippen molar-refractivity contribution in [1.82, 2.24) is 18.7 Å². The van der Waals surface area contributed by atoms with E-state index < -0.39 is 0 Å². The third-order valence-corrected chi connectivity index (χ3v) is 5.66. The largest absolute Gasteiger partial charge is 0.332 e. The predicted octanol–water partition coefficient (Wildman–Crippen LogP) is 1.01. The first-order chi connectivity index (χ1) is 14.8. The molecule has 0 radical (unpaired) electrons. The zero-order valence-corrected chi connectivity index (χ0v) is 18.4. The number of nitrogens with zero attached hydrogens (tertiary/aromatic N) is 4. The van der Waals surface area contributed by atoms with E-state index in [9.17, 15) is 9.59 Å². The van der Waals surface area contributed by atoms with Crippen molar-refractivity contribution < 1.29 is 4.90 Å². The van der Waals surface area contributed by atoms with Crippen LogP contribution in [0.1, 0.15) is 22.5 Å². The van der Waals surface area contributed by atoms with Crippen LogP contribution in [-0.4, -0.2) is 25.7 Å². The minimum Gasteiger partial charge on any atom is -0.327 e. The summed E-state index contributed by atoms with van der Waals surface area (Å²) in [5.41, 5.74) is 3.72. The lowest BCUT2D eigenvalue weighted by molar-refractivity contribution is -0.908. The van der Waals surface area contributed by atoms with Crippen LogP contribution in [-0.2, 0) is 33.7 Å². The molecule has 1 atom stereocenters. The molecule has 0 saturated carbocycles. The van der Waals surface area contributed by atoms with Crippen molar-refractivity contribution in [2.24, 2.45) is 14.1 Å². The van der Waals surface area contributed by atoms with Crippen LogP contribution < -0.4 is 16.1 Å². The Morgan fingerprint density at radius 2 is 1.61 bits per heavy atom.